The van der Waals surface area contributed by atoms with Crippen LogP contribution in [0.3, 0.4) is 0 Å². The predicted octanol–water partition coefficient (Wildman–Crippen LogP) is 4.28. The lowest BCUT2D eigenvalue weighted by Crippen LogP contribution is -2.01. The molecule has 0 saturated heterocycles. The molecule has 0 bridgehead atoms. The van der Waals surface area contributed by atoms with Gasteiger partial charge in [0.2, 0.25) is 0 Å². The monoisotopic (exact) mass is 252 g/mol. The van der Waals surface area contributed by atoms with E-state index in [1.54, 1.807) is 0 Å². The van der Waals surface area contributed by atoms with Crippen molar-refractivity contribution in [2.75, 3.05) is 0 Å². The number of benzene rings is 1. The van der Waals surface area contributed by atoms with Crippen LogP contribution in [0, 0.1) is 0 Å². The summed E-state index contributed by atoms with van der Waals surface area (Å²) in [5.41, 5.74) is 0. The molecule has 1 aromatic carbocycles. The van der Waals surface area contributed by atoms with Gasteiger partial charge in [0.1, 0.15) is 5.75 Å². The van der Waals surface area contributed by atoms with Gasteiger partial charge in [-0.05, 0) is 30.7 Å². The standard InChI is InChI=1S/C14H20O2S/c1-4-5-6-11(2)17-14-9-7-13(8-10-14)16-12(3)15/h7-11H,4-6H2,1-3H3. The maximum absolute atomic E-state index is 10.8. The van der Waals surface area contributed by atoms with Crippen LogP contribution in [0.4, 0.5) is 0 Å². The van der Waals surface area contributed by atoms with Gasteiger partial charge in [-0.2, -0.15) is 0 Å². The minimum Gasteiger partial charge on any atom is -0.427 e. The summed E-state index contributed by atoms with van der Waals surface area (Å²) < 4.78 is 4.99. The van der Waals surface area contributed by atoms with Crippen molar-refractivity contribution in [2.45, 2.75) is 50.2 Å². The molecule has 0 amide bonds. The van der Waals surface area contributed by atoms with Crippen LogP contribution in [-0.2, 0) is 4.79 Å². The first kappa shape index (κ1) is 14.1. The molecule has 0 aliphatic carbocycles. The molecule has 0 aromatic heterocycles. The summed E-state index contributed by atoms with van der Waals surface area (Å²) in [6.45, 7) is 5.88. The third-order valence-electron chi connectivity index (χ3n) is 2.39. The van der Waals surface area contributed by atoms with Crippen LogP contribution >= 0.6 is 11.8 Å². The van der Waals surface area contributed by atoms with Crippen LogP contribution in [0.2, 0.25) is 0 Å². The van der Waals surface area contributed by atoms with Gasteiger partial charge >= 0.3 is 5.97 Å². The summed E-state index contributed by atoms with van der Waals surface area (Å²) in [6.07, 6.45) is 3.77. The maximum atomic E-state index is 10.8. The fourth-order valence-corrected chi connectivity index (χ4v) is 2.58. The Kier molecular flexibility index (Phi) is 6.12. The minimum absolute atomic E-state index is 0.276. The number of rotatable bonds is 6. The molecule has 0 aliphatic rings. The molecule has 0 N–H and O–H groups in total. The number of carbonyl (C=O) groups excluding carboxylic acids is 1. The van der Waals surface area contributed by atoms with E-state index in [9.17, 15) is 4.79 Å². The van der Waals surface area contributed by atoms with Crippen LogP contribution in [0.25, 0.3) is 0 Å². The average Bonchev–Trinajstić information content (AvgIpc) is 2.28. The Morgan fingerprint density at radius 2 is 2.00 bits per heavy atom. The van der Waals surface area contributed by atoms with Crippen molar-refractivity contribution in [1.29, 1.82) is 0 Å². The number of esters is 1. The van der Waals surface area contributed by atoms with Crippen LogP contribution in [0.15, 0.2) is 29.2 Å². The topological polar surface area (TPSA) is 26.3 Å². The van der Waals surface area contributed by atoms with E-state index in [2.05, 4.69) is 13.8 Å². The smallest absolute Gasteiger partial charge is 0.308 e. The zero-order valence-electron chi connectivity index (χ0n) is 10.7. The van der Waals surface area contributed by atoms with Gasteiger partial charge in [0.05, 0.1) is 0 Å². The Balaban J connectivity index is 2.47. The number of ether oxygens (including phenoxy) is 1. The van der Waals surface area contributed by atoms with Gasteiger partial charge in [0, 0.05) is 17.1 Å². The second kappa shape index (κ2) is 7.38. The van der Waals surface area contributed by atoms with Crippen LogP contribution in [0.5, 0.6) is 5.75 Å². The first-order valence-electron chi connectivity index (χ1n) is 6.07. The maximum Gasteiger partial charge on any atom is 0.308 e. The first-order valence-corrected chi connectivity index (χ1v) is 6.95. The molecule has 1 aromatic rings. The molecule has 0 spiro atoms. The number of hydrogen-bond acceptors (Lipinski definition) is 3. The first-order chi connectivity index (χ1) is 8.11. The largest absolute Gasteiger partial charge is 0.427 e. The molecule has 0 saturated carbocycles. The van der Waals surface area contributed by atoms with Crippen LogP contribution < -0.4 is 4.74 Å². The Bertz CT molecular complexity index is 346. The molecule has 1 unspecified atom stereocenters. The van der Waals surface area contributed by atoms with E-state index >= 15 is 0 Å². The third-order valence-corrected chi connectivity index (χ3v) is 3.57. The summed E-state index contributed by atoms with van der Waals surface area (Å²) in [7, 11) is 0. The zero-order chi connectivity index (χ0) is 12.7. The second-order valence-electron chi connectivity index (χ2n) is 4.14. The molecular formula is C14H20O2S. The van der Waals surface area contributed by atoms with E-state index in [0.717, 1.165) is 0 Å². The highest BCUT2D eigenvalue weighted by molar-refractivity contribution is 7.99. The van der Waals surface area contributed by atoms with Crippen molar-refractivity contribution in [3.63, 3.8) is 0 Å². The van der Waals surface area contributed by atoms with Gasteiger partial charge in [-0.3, -0.25) is 4.79 Å². The summed E-state index contributed by atoms with van der Waals surface area (Å²) >= 11 is 1.87. The Hall–Kier alpha value is -0.960. The number of hydrogen-bond donors (Lipinski definition) is 0. The zero-order valence-corrected chi connectivity index (χ0v) is 11.5. The highest BCUT2D eigenvalue weighted by Crippen LogP contribution is 2.27. The lowest BCUT2D eigenvalue weighted by molar-refractivity contribution is -0.131. The molecule has 1 atom stereocenters. The van der Waals surface area contributed by atoms with Gasteiger partial charge in [-0.15, -0.1) is 11.8 Å². The summed E-state index contributed by atoms with van der Waals surface area (Å²) in [5.74, 6) is 0.338. The van der Waals surface area contributed by atoms with Crippen molar-refractivity contribution < 1.29 is 9.53 Å². The Morgan fingerprint density at radius 3 is 2.53 bits per heavy atom. The molecule has 0 fully saturated rings. The quantitative estimate of drug-likeness (QED) is 0.429. The minimum atomic E-state index is -0.276. The number of carbonyl (C=O) groups is 1. The summed E-state index contributed by atoms with van der Waals surface area (Å²) in [6, 6.07) is 7.70. The lowest BCUT2D eigenvalue weighted by atomic mass is 10.2. The molecule has 2 nitrogen and oxygen atoms in total. The number of unbranched alkanes of at least 4 members (excludes halogenated alkanes) is 1. The average molecular weight is 252 g/mol. The van der Waals surface area contributed by atoms with Gasteiger partial charge in [-0.1, -0.05) is 26.7 Å². The Morgan fingerprint density at radius 1 is 1.35 bits per heavy atom. The van der Waals surface area contributed by atoms with Gasteiger partial charge in [-0.25, -0.2) is 0 Å². The Labute approximate surface area is 108 Å². The molecular weight excluding hydrogens is 232 g/mol. The lowest BCUT2D eigenvalue weighted by Gasteiger charge is -2.10. The van der Waals surface area contributed by atoms with Gasteiger partial charge < -0.3 is 4.74 Å². The van der Waals surface area contributed by atoms with Crippen molar-refractivity contribution in [3.8, 4) is 5.75 Å². The molecule has 0 aliphatic heterocycles. The number of thioether (sulfide) groups is 1. The molecule has 0 heterocycles. The SMILES string of the molecule is CCCCC(C)Sc1ccc(OC(C)=O)cc1. The van der Waals surface area contributed by atoms with Gasteiger partial charge in [0.25, 0.3) is 0 Å². The van der Waals surface area contributed by atoms with E-state index < -0.39 is 0 Å². The highest BCUT2D eigenvalue weighted by Gasteiger charge is 2.04. The second-order valence-corrected chi connectivity index (χ2v) is 5.65. The normalized spacial score (nSPS) is 12.2. The molecule has 17 heavy (non-hydrogen) atoms. The van der Waals surface area contributed by atoms with Crippen molar-refractivity contribution in [3.05, 3.63) is 24.3 Å². The van der Waals surface area contributed by atoms with E-state index in [4.69, 9.17) is 4.74 Å². The molecule has 3 heteroatoms. The van der Waals surface area contributed by atoms with Crippen LogP contribution in [-0.4, -0.2) is 11.2 Å². The molecule has 0 radical (unpaired) electrons. The van der Waals surface area contributed by atoms with Crippen molar-refractivity contribution in [2.24, 2.45) is 0 Å². The van der Waals surface area contributed by atoms with Crippen molar-refractivity contribution in [1.82, 2.24) is 0 Å². The molecule has 94 valence electrons. The molecule has 1 rings (SSSR count). The summed E-state index contributed by atoms with van der Waals surface area (Å²) in [5, 5.41) is 0.634. The highest BCUT2D eigenvalue weighted by atomic mass is 32.2. The fourth-order valence-electron chi connectivity index (χ4n) is 1.54. The van der Waals surface area contributed by atoms with Gasteiger partial charge in [0.15, 0.2) is 0 Å². The van der Waals surface area contributed by atoms with Crippen LogP contribution in [0.1, 0.15) is 40.0 Å². The third kappa shape index (κ3) is 5.78. The van der Waals surface area contributed by atoms with E-state index in [1.165, 1.54) is 31.1 Å². The van der Waals surface area contributed by atoms with E-state index in [-0.39, 0.29) is 5.97 Å². The summed E-state index contributed by atoms with van der Waals surface area (Å²) in [4.78, 5) is 12.0. The predicted molar refractivity (Wildman–Crippen MR) is 72.6 cm³/mol. The fraction of sp³-hybridized carbons (Fsp3) is 0.500. The van der Waals surface area contributed by atoms with E-state index in [1.807, 2.05) is 36.0 Å². The van der Waals surface area contributed by atoms with E-state index in [0.29, 0.717) is 11.0 Å². The van der Waals surface area contributed by atoms with Crippen molar-refractivity contribution >= 4 is 17.7 Å².